The number of carboxylic acids is 1. The quantitative estimate of drug-likeness (QED) is 0.328. The van der Waals surface area contributed by atoms with E-state index in [1.807, 2.05) is 25.1 Å². The van der Waals surface area contributed by atoms with Crippen molar-refractivity contribution < 1.29 is 23.5 Å². The Labute approximate surface area is 194 Å². The maximum Gasteiger partial charge on any atom is 0.340 e. The van der Waals surface area contributed by atoms with Gasteiger partial charge in [0.15, 0.2) is 0 Å². The molecule has 0 saturated heterocycles. The maximum atomic E-state index is 12.7. The summed E-state index contributed by atoms with van der Waals surface area (Å²) in [4.78, 5) is 35.5. The van der Waals surface area contributed by atoms with E-state index >= 15 is 0 Å². The van der Waals surface area contributed by atoms with Crippen LogP contribution in [0.1, 0.15) is 29.5 Å². The molecule has 0 unspecified atom stereocenters. The Balaban J connectivity index is 1.73. The van der Waals surface area contributed by atoms with Crippen molar-refractivity contribution in [3.05, 3.63) is 68.7 Å². The van der Waals surface area contributed by atoms with Crippen molar-refractivity contribution in [3.63, 3.8) is 0 Å². The van der Waals surface area contributed by atoms with E-state index in [0.717, 1.165) is 21.9 Å². The number of hydrogen-bond donors (Lipinski definition) is 1. The van der Waals surface area contributed by atoms with Crippen molar-refractivity contribution in [1.29, 1.82) is 0 Å². The third-order valence-electron chi connectivity index (χ3n) is 5.71. The van der Waals surface area contributed by atoms with E-state index in [2.05, 4.69) is 5.32 Å². The number of benzene rings is 2. The van der Waals surface area contributed by atoms with Crippen LogP contribution in [0.15, 0.2) is 50.2 Å². The molecule has 2 heterocycles. The van der Waals surface area contributed by atoms with Gasteiger partial charge in [0, 0.05) is 39.4 Å². The monoisotopic (exact) mass is 466 g/mol. The molecule has 170 valence electrons. The van der Waals surface area contributed by atoms with Crippen molar-refractivity contribution in [2.45, 2.75) is 33.1 Å². The lowest BCUT2D eigenvalue weighted by atomic mass is 9.97. The molecular weight excluding hydrogens is 446 g/mol. The Hall–Kier alpha value is -3.58. The Kier molecular flexibility index (Phi) is 6.24. The summed E-state index contributed by atoms with van der Waals surface area (Å²) in [5.74, 6) is -1.56. The molecule has 0 spiro atoms. The zero-order valence-electron chi connectivity index (χ0n) is 18.1. The number of halogens is 1. The van der Waals surface area contributed by atoms with Crippen molar-refractivity contribution >= 4 is 45.4 Å². The van der Waals surface area contributed by atoms with Gasteiger partial charge >= 0.3 is 5.63 Å². The zero-order chi connectivity index (χ0) is 23.7. The summed E-state index contributed by atoms with van der Waals surface area (Å²) in [6.45, 7) is 3.79. The first-order chi connectivity index (χ1) is 15.8. The van der Waals surface area contributed by atoms with Crippen LogP contribution in [-0.2, 0) is 16.0 Å². The molecule has 2 aromatic carbocycles. The molecule has 4 rings (SSSR count). The Morgan fingerprint density at radius 2 is 1.79 bits per heavy atom. The second-order valence-corrected chi connectivity index (χ2v) is 8.34. The molecule has 7 nitrogen and oxygen atoms in total. The van der Waals surface area contributed by atoms with E-state index in [1.54, 1.807) is 25.3 Å². The number of fused-ring (bicyclic) bond motifs is 2. The van der Waals surface area contributed by atoms with Gasteiger partial charge in [0.25, 0.3) is 0 Å². The van der Waals surface area contributed by atoms with Crippen LogP contribution in [0.2, 0.25) is 5.02 Å². The minimum atomic E-state index is -1.17. The number of carbonyl (C=O) groups is 2. The van der Waals surface area contributed by atoms with Crippen LogP contribution in [0.3, 0.4) is 0 Å². The normalized spacial score (nSPS) is 11.2. The average Bonchev–Trinajstić information content (AvgIpc) is 3.20. The Morgan fingerprint density at radius 1 is 1.06 bits per heavy atom. The number of aryl methyl sites for hydroxylation is 2. The van der Waals surface area contributed by atoms with Gasteiger partial charge in [-0.25, -0.2) is 4.79 Å². The Morgan fingerprint density at radius 3 is 2.48 bits per heavy atom. The maximum absolute atomic E-state index is 12.7. The number of hydrogen-bond acceptors (Lipinski definition) is 6. The van der Waals surface area contributed by atoms with Crippen LogP contribution >= 0.6 is 11.6 Å². The third-order valence-corrected chi connectivity index (χ3v) is 5.97. The fourth-order valence-electron chi connectivity index (χ4n) is 3.94. The number of carbonyl (C=O) groups excluding carboxylic acids is 2. The van der Waals surface area contributed by atoms with E-state index in [9.17, 15) is 19.5 Å². The number of furan rings is 1. The van der Waals surface area contributed by atoms with Gasteiger partial charge in [0.2, 0.25) is 5.91 Å². The number of carboxylic acid groups (broad SMARTS) is 1. The van der Waals surface area contributed by atoms with Crippen LogP contribution in [-0.4, -0.2) is 18.4 Å². The second kappa shape index (κ2) is 9.11. The summed E-state index contributed by atoms with van der Waals surface area (Å²) >= 11 is 6.02. The predicted octanol–water partition coefficient (Wildman–Crippen LogP) is 3.67. The fraction of sp³-hybridized carbons (Fsp3) is 0.240. The van der Waals surface area contributed by atoms with Gasteiger partial charge in [0.1, 0.15) is 11.2 Å². The average molecular weight is 467 g/mol. The lowest BCUT2D eigenvalue weighted by molar-refractivity contribution is -0.305. The first-order valence-electron chi connectivity index (χ1n) is 10.5. The molecular formula is C25H21ClNO6-. The van der Waals surface area contributed by atoms with Gasteiger partial charge in [0.05, 0.1) is 18.2 Å². The largest absolute Gasteiger partial charge is 0.550 e. The zero-order valence-corrected chi connectivity index (χ0v) is 18.9. The van der Waals surface area contributed by atoms with Crippen LogP contribution < -0.4 is 16.0 Å². The highest BCUT2D eigenvalue weighted by Gasteiger charge is 2.20. The van der Waals surface area contributed by atoms with E-state index < -0.39 is 11.6 Å². The number of aliphatic carboxylic acids is 1. The minimum Gasteiger partial charge on any atom is -0.550 e. The topological polar surface area (TPSA) is 113 Å². The molecule has 1 N–H and O–H groups in total. The second-order valence-electron chi connectivity index (χ2n) is 7.91. The van der Waals surface area contributed by atoms with Crippen molar-refractivity contribution in [1.82, 2.24) is 5.32 Å². The lowest BCUT2D eigenvalue weighted by Crippen LogP contribution is -2.30. The van der Waals surface area contributed by atoms with E-state index in [-0.39, 0.29) is 37.3 Å². The molecule has 0 atom stereocenters. The molecule has 2 aromatic heterocycles. The van der Waals surface area contributed by atoms with Gasteiger partial charge in [-0.15, -0.1) is 0 Å². The predicted molar refractivity (Wildman–Crippen MR) is 123 cm³/mol. The lowest BCUT2D eigenvalue weighted by Gasteiger charge is -2.11. The van der Waals surface area contributed by atoms with Crippen LogP contribution in [0.4, 0.5) is 0 Å². The molecule has 0 aliphatic carbocycles. The first kappa shape index (κ1) is 22.6. The summed E-state index contributed by atoms with van der Waals surface area (Å²) in [6, 6.07) is 9.32. The van der Waals surface area contributed by atoms with Gasteiger partial charge in [-0.1, -0.05) is 23.7 Å². The number of nitrogens with one attached hydrogen (secondary N) is 1. The fourth-order valence-corrected chi connectivity index (χ4v) is 4.06. The molecule has 1 amide bonds. The van der Waals surface area contributed by atoms with Crippen LogP contribution in [0.5, 0.6) is 0 Å². The summed E-state index contributed by atoms with van der Waals surface area (Å²) in [5, 5.41) is 15.3. The molecule has 8 heteroatoms. The molecule has 0 fully saturated rings. The van der Waals surface area contributed by atoms with Gasteiger partial charge in [-0.05, 0) is 56.0 Å². The Bertz CT molecular complexity index is 1430. The highest BCUT2D eigenvalue weighted by atomic mass is 35.5. The van der Waals surface area contributed by atoms with E-state index in [0.29, 0.717) is 27.3 Å². The summed E-state index contributed by atoms with van der Waals surface area (Å²) in [7, 11) is 0. The van der Waals surface area contributed by atoms with Gasteiger partial charge < -0.3 is 24.1 Å². The standard InChI is InChI=1S/C25H22ClNO6/c1-13-17-10-19-20(15-5-7-16(26)8-6-15)12-32-23(19)14(2)24(17)33-25(31)18(13)11-21(28)27-9-3-4-22(29)30/h5-8,10,12H,3-4,9,11H2,1-2H3,(H,27,28)(H,29,30)/p-1. The van der Waals surface area contributed by atoms with E-state index in [4.69, 9.17) is 20.4 Å². The summed E-state index contributed by atoms with van der Waals surface area (Å²) in [5.41, 5.74) is 3.87. The number of amides is 1. The van der Waals surface area contributed by atoms with Crippen LogP contribution in [0.25, 0.3) is 33.1 Å². The van der Waals surface area contributed by atoms with Gasteiger partial charge in [-0.2, -0.15) is 0 Å². The molecule has 33 heavy (non-hydrogen) atoms. The minimum absolute atomic E-state index is 0.145. The van der Waals surface area contributed by atoms with Crippen LogP contribution in [0, 0.1) is 13.8 Å². The van der Waals surface area contributed by atoms with Gasteiger partial charge in [-0.3, -0.25) is 4.79 Å². The highest BCUT2D eigenvalue weighted by molar-refractivity contribution is 6.30. The van der Waals surface area contributed by atoms with Crippen molar-refractivity contribution in [3.8, 4) is 11.1 Å². The molecule has 0 bridgehead atoms. The summed E-state index contributed by atoms with van der Waals surface area (Å²) < 4.78 is 11.4. The highest BCUT2D eigenvalue weighted by Crippen LogP contribution is 2.37. The smallest absolute Gasteiger partial charge is 0.340 e. The molecule has 0 saturated carbocycles. The molecule has 4 aromatic rings. The van der Waals surface area contributed by atoms with E-state index in [1.165, 1.54) is 0 Å². The number of rotatable bonds is 7. The summed E-state index contributed by atoms with van der Waals surface area (Å²) in [6.07, 6.45) is 1.61. The third kappa shape index (κ3) is 4.50. The first-order valence-corrected chi connectivity index (χ1v) is 10.8. The molecule has 0 aliphatic heterocycles. The van der Waals surface area contributed by atoms with Crippen molar-refractivity contribution in [2.24, 2.45) is 0 Å². The van der Waals surface area contributed by atoms with Crippen molar-refractivity contribution in [2.75, 3.05) is 6.54 Å². The molecule has 0 radical (unpaired) electrons. The molecule has 0 aliphatic rings. The SMILES string of the molecule is Cc1c(CC(=O)NCCCC(=O)[O-])c(=O)oc2c(C)c3occ(-c4ccc(Cl)cc4)c3cc12.